The van der Waals surface area contributed by atoms with Crippen LogP contribution in [0.25, 0.3) is 0 Å². The zero-order chi connectivity index (χ0) is 26.9. The number of ether oxygens (including phenoxy) is 2. The van der Waals surface area contributed by atoms with Crippen molar-refractivity contribution in [1.82, 2.24) is 10.7 Å². The zero-order valence-corrected chi connectivity index (χ0v) is 22.6. The summed E-state index contributed by atoms with van der Waals surface area (Å²) in [6.07, 6.45) is 1.49. The molecule has 3 rings (SSSR count). The molecule has 194 valence electrons. The number of carbonyl (C=O) groups excluding carboxylic acids is 2. The maximum Gasteiger partial charge on any atom is 0.262 e. The van der Waals surface area contributed by atoms with Gasteiger partial charge >= 0.3 is 0 Å². The molecule has 3 aromatic rings. The van der Waals surface area contributed by atoms with Gasteiger partial charge in [0.15, 0.2) is 11.5 Å². The number of halogens is 2. The molecule has 0 fully saturated rings. The van der Waals surface area contributed by atoms with Crippen LogP contribution in [0.2, 0.25) is 10.0 Å². The summed E-state index contributed by atoms with van der Waals surface area (Å²) in [4.78, 5) is 25.4. The van der Waals surface area contributed by atoms with E-state index in [2.05, 4.69) is 15.8 Å². The molecule has 37 heavy (non-hydrogen) atoms. The van der Waals surface area contributed by atoms with E-state index in [1.54, 1.807) is 31.4 Å². The van der Waals surface area contributed by atoms with Gasteiger partial charge < -0.3 is 14.8 Å². The first-order chi connectivity index (χ1) is 17.7. The molecule has 0 heterocycles. The third-order valence-electron chi connectivity index (χ3n) is 5.51. The maximum atomic E-state index is 12.7. The summed E-state index contributed by atoms with van der Waals surface area (Å²) >= 11 is 11.9. The van der Waals surface area contributed by atoms with E-state index in [0.717, 1.165) is 5.56 Å². The van der Waals surface area contributed by atoms with Gasteiger partial charge in [0.1, 0.15) is 12.6 Å². The number of methoxy groups -OCH3 is 1. The summed E-state index contributed by atoms with van der Waals surface area (Å²) in [6, 6.07) is 17.1. The van der Waals surface area contributed by atoms with Crippen molar-refractivity contribution >= 4 is 41.2 Å². The van der Waals surface area contributed by atoms with Crippen LogP contribution in [0.3, 0.4) is 0 Å². The van der Waals surface area contributed by atoms with Crippen LogP contribution in [0, 0.1) is 12.8 Å². The Morgan fingerprint density at radius 2 is 1.70 bits per heavy atom. The normalized spacial score (nSPS) is 11.9. The molecule has 0 spiro atoms. The molecular weight excluding hydrogens is 513 g/mol. The molecule has 3 aromatic carbocycles. The van der Waals surface area contributed by atoms with E-state index in [9.17, 15) is 9.59 Å². The van der Waals surface area contributed by atoms with Crippen molar-refractivity contribution in [2.45, 2.75) is 33.4 Å². The average Bonchev–Trinajstić information content (AvgIpc) is 2.88. The Morgan fingerprint density at radius 3 is 2.35 bits per heavy atom. The number of rotatable bonds is 10. The second kappa shape index (κ2) is 13.1. The first kappa shape index (κ1) is 28.0. The Morgan fingerprint density at radius 1 is 0.973 bits per heavy atom. The predicted octanol–water partition coefficient (Wildman–Crippen LogP) is 5.79. The highest BCUT2D eigenvalue weighted by atomic mass is 35.5. The van der Waals surface area contributed by atoms with Crippen molar-refractivity contribution in [2.24, 2.45) is 11.0 Å². The molecule has 2 N–H and O–H groups in total. The van der Waals surface area contributed by atoms with E-state index >= 15 is 0 Å². The minimum atomic E-state index is -0.814. The lowest BCUT2D eigenvalue weighted by atomic mass is 10.0. The number of benzene rings is 3. The predicted molar refractivity (Wildman–Crippen MR) is 147 cm³/mol. The van der Waals surface area contributed by atoms with Gasteiger partial charge in [-0.2, -0.15) is 5.10 Å². The number of nitrogens with zero attached hydrogens (tertiary/aromatic N) is 1. The molecular formula is C28H29Cl2N3O4. The molecule has 0 radical (unpaired) electrons. The fourth-order valence-corrected chi connectivity index (χ4v) is 3.66. The lowest BCUT2D eigenvalue weighted by Gasteiger charge is -2.20. The molecule has 0 aromatic heterocycles. The van der Waals surface area contributed by atoms with Crippen molar-refractivity contribution in [2.75, 3.05) is 7.11 Å². The van der Waals surface area contributed by atoms with Crippen LogP contribution < -0.4 is 20.2 Å². The molecule has 0 saturated carbocycles. The fraction of sp³-hybridized carbons (Fsp3) is 0.250. The summed E-state index contributed by atoms with van der Waals surface area (Å²) in [5.74, 6) is 0.0458. The van der Waals surface area contributed by atoms with E-state index in [0.29, 0.717) is 34.3 Å². The topological polar surface area (TPSA) is 89.0 Å². The molecule has 1 atom stereocenters. The molecule has 0 saturated heterocycles. The molecule has 7 nitrogen and oxygen atoms in total. The highest BCUT2D eigenvalue weighted by molar-refractivity contribution is 6.42. The molecule has 1 unspecified atom stereocenters. The summed E-state index contributed by atoms with van der Waals surface area (Å²) in [5, 5.41) is 7.36. The van der Waals surface area contributed by atoms with Crippen molar-refractivity contribution in [1.29, 1.82) is 0 Å². The minimum Gasteiger partial charge on any atom is -0.493 e. The van der Waals surface area contributed by atoms with Crippen LogP contribution in [0.1, 0.15) is 40.9 Å². The summed E-state index contributed by atoms with van der Waals surface area (Å²) in [7, 11) is 1.56. The van der Waals surface area contributed by atoms with E-state index in [1.807, 2.05) is 45.0 Å². The van der Waals surface area contributed by atoms with E-state index in [4.69, 9.17) is 32.7 Å². The van der Waals surface area contributed by atoms with E-state index in [1.165, 1.54) is 23.9 Å². The first-order valence-electron chi connectivity index (χ1n) is 11.6. The summed E-state index contributed by atoms with van der Waals surface area (Å²) in [6.45, 7) is 6.09. The Balaban J connectivity index is 1.61. The Labute approximate surface area is 226 Å². The monoisotopic (exact) mass is 541 g/mol. The van der Waals surface area contributed by atoms with Crippen molar-refractivity contribution in [3.8, 4) is 11.5 Å². The second-order valence-electron chi connectivity index (χ2n) is 8.74. The van der Waals surface area contributed by atoms with Gasteiger partial charge in [0.05, 0.1) is 23.4 Å². The van der Waals surface area contributed by atoms with E-state index in [-0.39, 0.29) is 10.9 Å². The maximum absolute atomic E-state index is 12.7. The van der Waals surface area contributed by atoms with Gasteiger partial charge in [-0.3, -0.25) is 9.59 Å². The number of hydrazone groups is 1. The van der Waals surface area contributed by atoms with Crippen molar-refractivity contribution in [3.05, 3.63) is 93.0 Å². The number of hydrogen-bond donors (Lipinski definition) is 2. The molecule has 9 heteroatoms. The molecule has 0 bridgehead atoms. The summed E-state index contributed by atoms with van der Waals surface area (Å²) < 4.78 is 11.4. The third kappa shape index (κ3) is 7.97. The zero-order valence-electron chi connectivity index (χ0n) is 21.0. The molecule has 2 amide bonds. The minimum absolute atomic E-state index is 0.188. The second-order valence-corrected chi connectivity index (χ2v) is 9.56. The highest BCUT2D eigenvalue weighted by Crippen LogP contribution is 2.28. The lowest BCUT2D eigenvalue weighted by Crippen LogP contribution is -2.48. The Bertz CT molecular complexity index is 1280. The quantitative estimate of drug-likeness (QED) is 0.251. The molecule has 0 aliphatic rings. The highest BCUT2D eigenvalue weighted by Gasteiger charge is 2.24. The van der Waals surface area contributed by atoms with E-state index < -0.39 is 17.9 Å². The third-order valence-corrected chi connectivity index (χ3v) is 6.25. The number of amides is 2. The van der Waals surface area contributed by atoms with Gasteiger partial charge in [0, 0.05) is 5.56 Å². The van der Waals surface area contributed by atoms with Crippen molar-refractivity contribution in [3.63, 3.8) is 0 Å². The number of aryl methyl sites for hydroxylation is 1. The van der Waals surface area contributed by atoms with Crippen LogP contribution in [0.4, 0.5) is 0 Å². The van der Waals surface area contributed by atoms with Crippen LogP contribution in [0.15, 0.2) is 65.8 Å². The smallest absolute Gasteiger partial charge is 0.262 e. The number of carbonyl (C=O) groups is 2. The Kier molecular flexibility index (Phi) is 9.94. The van der Waals surface area contributed by atoms with Crippen molar-refractivity contribution < 1.29 is 19.1 Å². The largest absolute Gasteiger partial charge is 0.493 e. The van der Waals surface area contributed by atoms with Crippen LogP contribution in [0.5, 0.6) is 11.5 Å². The fourth-order valence-electron chi connectivity index (χ4n) is 3.37. The van der Waals surface area contributed by atoms with Gasteiger partial charge in [0.25, 0.3) is 11.8 Å². The van der Waals surface area contributed by atoms with Gasteiger partial charge in [-0.25, -0.2) is 5.43 Å². The number of nitrogens with one attached hydrogen (secondary N) is 2. The van der Waals surface area contributed by atoms with Gasteiger partial charge in [-0.15, -0.1) is 0 Å². The summed E-state index contributed by atoms with van der Waals surface area (Å²) in [5.41, 5.74) is 5.72. The SMILES string of the molecule is COc1cc(C=NNC(=O)C(NC(=O)c2ccc(Cl)c(Cl)c2)C(C)C)ccc1OCc1ccc(C)cc1. The lowest BCUT2D eigenvalue weighted by molar-refractivity contribution is -0.123. The first-order valence-corrected chi connectivity index (χ1v) is 12.4. The average molecular weight is 542 g/mol. The van der Waals surface area contributed by atoms with Crippen LogP contribution in [-0.4, -0.2) is 31.2 Å². The van der Waals surface area contributed by atoms with Gasteiger partial charge in [-0.1, -0.05) is 66.9 Å². The van der Waals surface area contributed by atoms with Crippen LogP contribution >= 0.6 is 23.2 Å². The standard InChI is InChI=1S/C28H29Cl2N3O4/c1-17(2)26(32-27(34)21-10-11-22(29)23(30)14-21)28(35)33-31-15-20-9-12-24(25(13-20)36-4)37-16-19-7-5-18(3)6-8-19/h5-15,17,26H,16H2,1-4H3,(H,32,34)(H,33,35). The molecule has 0 aliphatic carbocycles. The Hall–Kier alpha value is -3.55. The molecule has 0 aliphatic heterocycles. The number of hydrogen-bond acceptors (Lipinski definition) is 5. The van der Waals surface area contributed by atoms with Gasteiger partial charge in [-0.05, 0) is 60.4 Å². The van der Waals surface area contributed by atoms with Crippen LogP contribution in [-0.2, 0) is 11.4 Å². The van der Waals surface area contributed by atoms with Gasteiger partial charge in [0.2, 0.25) is 0 Å².